The van der Waals surface area contributed by atoms with E-state index in [0.717, 1.165) is 16.7 Å². The van der Waals surface area contributed by atoms with Gasteiger partial charge in [-0.3, -0.25) is 0 Å². The third kappa shape index (κ3) is 3.27. The number of allylic oxidation sites excluding steroid dienone is 1. The van der Waals surface area contributed by atoms with E-state index in [1.54, 1.807) is 18.2 Å². The van der Waals surface area contributed by atoms with Gasteiger partial charge >= 0.3 is 0 Å². The molecule has 0 spiro atoms. The van der Waals surface area contributed by atoms with E-state index in [2.05, 4.69) is 12.1 Å². The van der Waals surface area contributed by atoms with Crippen LogP contribution in [0.2, 0.25) is 0 Å². The molecule has 0 atom stereocenters. The molecule has 0 bridgehead atoms. The highest BCUT2D eigenvalue weighted by molar-refractivity contribution is 5.88. The number of hydrogen-bond acceptors (Lipinski definition) is 3. The number of furan rings is 1. The van der Waals surface area contributed by atoms with Gasteiger partial charge in [0.15, 0.2) is 0 Å². The lowest BCUT2D eigenvalue weighted by Gasteiger charge is -1.99. The summed E-state index contributed by atoms with van der Waals surface area (Å²) in [5, 5.41) is 18.2. The Morgan fingerprint density at radius 2 is 1.62 bits per heavy atom. The summed E-state index contributed by atoms with van der Waals surface area (Å²) in [7, 11) is 0. The lowest BCUT2D eigenvalue weighted by Crippen LogP contribution is -1.81. The second-order valence-corrected chi connectivity index (χ2v) is 5.43. The zero-order valence-corrected chi connectivity index (χ0v) is 13.2. The van der Waals surface area contributed by atoms with Crippen LogP contribution in [0.4, 0.5) is 0 Å². The number of nitrogens with zero attached hydrogens (tertiary/aromatic N) is 2. The van der Waals surface area contributed by atoms with Crippen molar-refractivity contribution in [1.82, 2.24) is 0 Å². The summed E-state index contributed by atoms with van der Waals surface area (Å²) in [6.45, 7) is 2.01. The second-order valence-electron chi connectivity index (χ2n) is 5.43. The summed E-state index contributed by atoms with van der Waals surface area (Å²) in [6.07, 6.45) is 1.73. The van der Waals surface area contributed by atoms with Crippen molar-refractivity contribution in [3.8, 4) is 23.5 Å². The van der Waals surface area contributed by atoms with Crippen molar-refractivity contribution >= 4 is 11.6 Å². The zero-order valence-electron chi connectivity index (χ0n) is 13.2. The molecule has 24 heavy (non-hydrogen) atoms. The Balaban J connectivity index is 1.90. The molecular formula is C21H14N2O. The third-order valence-electron chi connectivity index (χ3n) is 3.69. The zero-order chi connectivity index (χ0) is 16.9. The molecule has 0 amide bonds. The van der Waals surface area contributed by atoms with Gasteiger partial charge in [0.25, 0.3) is 0 Å². The van der Waals surface area contributed by atoms with Gasteiger partial charge in [-0.05, 0) is 55.0 Å². The van der Waals surface area contributed by atoms with E-state index < -0.39 is 0 Å². The van der Waals surface area contributed by atoms with Crippen molar-refractivity contribution in [1.29, 1.82) is 10.5 Å². The number of aryl methyl sites for hydroxylation is 1. The first kappa shape index (κ1) is 15.3. The molecule has 3 aromatic rings. The van der Waals surface area contributed by atoms with Crippen LogP contribution in [0, 0.1) is 29.6 Å². The number of nitriles is 2. The highest BCUT2D eigenvalue weighted by Crippen LogP contribution is 2.25. The number of benzene rings is 2. The van der Waals surface area contributed by atoms with Crippen LogP contribution in [0.5, 0.6) is 0 Å². The maximum atomic E-state index is 9.40. The minimum absolute atomic E-state index is 0.552. The lowest BCUT2D eigenvalue weighted by molar-refractivity contribution is 0.572. The van der Waals surface area contributed by atoms with E-state index in [1.165, 1.54) is 0 Å². The van der Waals surface area contributed by atoms with Gasteiger partial charge in [0.2, 0.25) is 0 Å². The highest BCUT2D eigenvalue weighted by atomic mass is 16.3. The van der Waals surface area contributed by atoms with Crippen molar-refractivity contribution in [3.05, 3.63) is 83.1 Å². The molecule has 3 nitrogen and oxygen atoms in total. The topological polar surface area (TPSA) is 60.7 Å². The summed E-state index contributed by atoms with van der Waals surface area (Å²) in [4.78, 5) is 0. The Bertz CT molecular complexity index is 962. The molecule has 0 unspecified atom stereocenters. The van der Waals surface area contributed by atoms with Gasteiger partial charge in [0, 0.05) is 5.56 Å². The molecule has 2 aromatic carbocycles. The molecular weight excluding hydrogens is 296 g/mol. The molecule has 0 N–H and O–H groups in total. The van der Waals surface area contributed by atoms with E-state index >= 15 is 0 Å². The Morgan fingerprint density at radius 3 is 2.25 bits per heavy atom. The lowest BCUT2D eigenvalue weighted by atomic mass is 10.0. The number of hydrogen-bond donors (Lipinski definition) is 0. The molecule has 0 aliphatic rings. The van der Waals surface area contributed by atoms with E-state index in [9.17, 15) is 5.26 Å². The second kappa shape index (κ2) is 6.69. The largest absolute Gasteiger partial charge is 0.457 e. The van der Waals surface area contributed by atoms with Crippen LogP contribution >= 0.6 is 0 Å². The fourth-order valence-electron chi connectivity index (χ4n) is 2.35. The molecule has 114 valence electrons. The summed E-state index contributed by atoms with van der Waals surface area (Å²) in [5.74, 6) is 1.32. The summed E-state index contributed by atoms with van der Waals surface area (Å²) in [6, 6.07) is 23.0. The van der Waals surface area contributed by atoms with Gasteiger partial charge in [0.05, 0.1) is 23.3 Å². The maximum absolute atomic E-state index is 9.40. The van der Waals surface area contributed by atoms with Crippen LogP contribution in [0.25, 0.3) is 23.0 Å². The Labute approximate surface area is 140 Å². The molecule has 0 radical (unpaired) electrons. The molecule has 0 aliphatic heterocycles. The quantitative estimate of drug-likeness (QED) is 0.625. The van der Waals surface area contributed by atoms with Crippen molar-refractivity contribution < 1.29 is 4.42 Å². The molecule has 3 heteroatoms. The van der Waals surface area contributed by atoms with Gasteiger partial charge in [-0.1, -0.05) is 29.8 Å². The molecule has 0 fully saturated rings. The molecule has 3 rings (SSSR count). The van der Waals surface area contributed by atoms with Crippen LogP contribution in [0.1, 0.15) is 22.5 Å². The standard InChI is InChI=1S/C21H14N2O/c1-15-2-6-17(7-3-15)19(14-23)12-20-10-11-21(24-20)18-8-4-16(13-22)5-9-18/h2-12H,1H3/b19-12-. The average molecular weight is 310 g/mol. The van der Waals surface area contributed by atoms with Crippen molar-refractivity contribution in [3.63, 3.8) is 0 Å². The summed E-state index contributed by atoms with van der Waals surface area (Å²) < 4.78 is 5.81. The van der Waals surface area contributed by atoms with E-state index in [1.807, 2.05) is 55.5 Å². The van der Waals surface area contributed by atoms with Gasteiger partial charge in [0.1, 0.15) is 11.5 Å². The van der Waals surface area contributed by atoms with Crippen LogP contribution < -0.4 is 0 Å². The smallest absolute Gasteiger partial charge is 0.134 e. The highest BCUT2D eigenvalue weighted by Gasteiger charge is 2.06. The Morgan fingerprint density at radius 1 is 0.917 bits per heavy atom. The van der Waals surface area contributed by atoms with Gasteiger partial charge < -0.3 is 4.42 Å². The van der Waals surface area contributed by atoms with Gasteiger partial charge in [-0.25, -0.2) is 0 Å². The maximum Gasteiger partial charge on any atom is 0.134 e. The summed E-state index contributed by atoms with van der Waals surface area (Å²) >= 11 is 0. The Hall–Kier alpha value is -3.56. The summed E-state index contributed by atoms with van der Waals surface area (Å²) in [5.41, 5.74) is 4.06. The fraction of sp³-hybridized carbons (Fsp3) is 0.0476. The van der Waals surface area contributed by atoms with Crippen molar-refractivity contribution in [2.24, 2.45) is 0 Å². The number of rotatable bonds is 3. The van der Waals surface area contributed by atoms with Crippen LogP contribution in [-0.4, -0.2) is 0 Å². The monoisotopic (exact) mass is 310 g/mol. The molecule has 1 heterocycles. The van der Waals surface area contributed by atoms with Crippen LogP contribution in [0.3, 0.4) is 0 Å². The minimum atomic E-state index is 0.552. The normalized spacial score (nSPS) is 10.9. The van der Waals surface area contributed by atoms with Gasteiger partial charge in [-0.2, -0.15) is 10.5 Å². The van der Waals surface area contributed by atoms with Crippen molar-refractivity contribution in [2.75, 3.05) is 0 Å². The van der Waals surface area contributed by atoms with Gasteiger partial charge in [-0.15, -0.1) is 0 Å². The van der Waals surface area contributed by atoms with E-state index in [-0.39, 0.29) is 0 Å². The average Bonchev–Trinajstić information content (AvgIpc) is 3.09. The predicted molar refractivity (Wildman–Crippen MR) is 93.5 cm³/mol. The first-order valence-corrected chi connectivity index (χ1v) is 7.49. The predicted octanol–water partition coefficient (Wildman–Crippen LogP) is 5.19. The Kier molecular flexibility index (Phi) is 4.27. The first-order chi connectivity index (χ1) is 11.7. The SMILES string of the molecule is Cc1ccc(/C(C#N)=C\c2ccc(-c3ccc(C#N)cc3)o2)cc1. The first-order valence-electron chi connectivity index (χ1n) is 7.49. The molecule has 1 aromatic heterocycles. The molecule has 0 aliphatic carbocycles. The molecule has 0 saturated carbocycles. The van der Waals surface area contributed by atoms with E-state index in [0.29, 0.717) is 22.7 Å². The van der Waals surface area contributed by atoms with Crippen LogP contribution in [0.15, 0.2) is 65.1 Å². The van der Waals surface area contributed by atoms with E-state index in [4.69, 9.17) is 9.68 Å². The third-order valence-corrected chi connectivity index (χ3v) is 3.69. The van der Waals surface area contributed by atoms with Crippen molar-refractivity contribution in [2.45, 2.75) is 6.92 Å². The fourth-order valence-corrected chi connectivity index (χ4v) is 2.35. The minimum Gasteiger partial charge on any atom is -0.457 e. The van der Waals surface area contributed by atoms with Crippen LogP contribution in [-0.2, 0) is 0 Å². The molecule has 0 saturated heterocycles.